The Morgan fingerprint density at radius 2 is 1.77 bits per heavy atom. The fourth-order valence-corrected chi connectivity index (χ4v) is 4.24. The summed E-state index contributed by atoms with van der Waals surface area (Å²) < 4.78 is 16.2. The van der Waals surface area contributed by atoms with Crippen molar-refractivity contribution in [3.05, 3.63) is 17.7 Å². The molecule has 1 aliphatic carbocycles. The van der Waals surface area contributed by atoms with E-state index in [9.17, 15) is 0 Å². The minimum Gasteiger partial charge on any atom is -0.493 e. The lowest BCUT2D eigenvalue weighted by molar-refractivity contribution is 0.324. The van der Waals surface area contributed by atoms with Gasteiger partial charge < -0.3 is 14.2 Å². The van der Waals surface area contributed by atoms with Crippen molar-refractivity contribution in [1.82, 2.24) is 5.43 Å². The minimum absolute atomic E-state index is 0.414. The summed E-state index contributed by atoms with van der Waals surface area (Å²) in [6, 6.07) is 4.26. The first kappa shape index (κ1) is 18.9. The monoisotopic (exact) mass is 377 g/mol. The van der Waals surface area contributed by atoms with Gasteiger partial charge in [0.1, 0.15) is 0 Å². The lowest BCUT2D eigenvalue weighted by Crippen LogP contribution is -2.29. The highest BCUT2D eigenvalue weighted by molar-refractivity contribution is 8.14. The van der Waals surface area contributed by atoms with Crippen LogP contribution in [-0.2, 0) is 0 Å². The summed E-state index contributed by atoms with van der Waals surface area (Å²) in [6.45, 7) is 2.30. The Hall–Kier alpha value is -1.89. The summed E-state index contributed by atoms with van der Waals surface area (Å²) in [6.07, 6.45) is 5.05. The summed E-state index contributed by atoms with van der Waals surface area (Å²) in [7, 11) is 4.84. The van der Waals surface area contributed by atoms with Crippen LogP contribution in [0.15, 0.2) is 22.2 Å². The smallest absolute Gasteiger partial charge is 0.203 e. The fourth-order valence-electron chi connectivity index (χ4n) is 3.42. The normalized spacial score (nSPS) is 24.6. The number of hydrogen-bond donors (Lipinski definition) is 1. The van der Waals surface area contributed by atoms with Crippen LogP contribution in [0.1, 0.15) is 38.2 Å². The SMILES string of the molecule is COc1cc(C2=NNC(=NC3CCCCC3C)SC2)cc(OC)c1OC. The van der Waals surface area contributed by atoms with E-state index in [0.717, 1.165) is 22.2 Å². The topological polar surface area (TPSA) is 64.4 Å². The van der Waals surface area contributed by atoms with Gasteiger partial charge in [0.15, 0.2) is 16.7 Å². The molecule has 0 spiro atoms. The predicted molar refractivity (Wildman–Crippen MR) is 107 cm³/mol. The molecule has 1 fully saturated rings. The van der Waals surface area contributed by atoms with Gasteiger partial charge in [-0.15, -0.1) is 0 Å². The Labute approximate surface area is 159 Å². The molecular weight excluding hydrogens is 350 g/mol. The van der Waals surface area contributed by atoms with Gasteiger partial charge in [0.05, 0.1) is 33.1 Å². The molecule has 0 radical (unpaired) electrons. The van der Waals surface area contributed by atoms with E-state index in [1.54, 1.807) is 33.1 Å². The van der Waals surface area contributed by atoms with E-state index in [1.165, 1.54) is 25.7 Å². The number of nitrogens with one attached hydrogen (secondary N) is 1. The molecule has 1 aromatic rings. The van der Waals surface area contributed by atoms with Crippen molar-refractivity contribution in [2.75, 3.05) is 27.1 Å². The van der Waals surface area contributed by atoms with Crippen LogP contribution in [0.4, 0.5) is 0 Å². The Bertz CT molecular complexity index is 680. The third-order valence-corrected chi connectivity index (χ3v) is 5.87. The van der Waals surface area contributed by atoms with Crippen molar-refractivity contribution in [3.8, 4) is 17.2 Å². The van der Waals surface area contributed by atoms with E-state index in [-0.39, 0.29) is 0 Å². The first-order chi connectivity index (χ1) is 12.7. The van der Waals surface area contributed by atoms with Crippen LogP contribution in [0, 0.1) is 5.92 Å². The third-order valence-electron chi connectivity index (χ3n) is 4.98. The number of benzene rings is 1. The number of ether oxygens (including phenoxy) is 3. The van der Waals surface area contributed by atoms with Gasteiger partial charge in [-0.3, -0.25) is 10.4 Å². The molecule has 2 atom stereocenters. The number of thioether (sulfide) groups is 1. The largest absolute Gasteiger partial charge is 0.493 e. The molecule has 0 bridgehead atoms. The molecule has 142 valence electrons. The van der Waals surface area contributed by atoms with E-state index in [2.05, 4.69) is 17.5 Å². The number of hydrazone groups is 1. The van der Waals surface area contributed by atoms with Gasteiger partial charge in [-0.05, 0) is 30.9 Å². The van der Waals surface area contributed by atoms with Crippen molar-refractivity contribution in [2.24, 2.45) is 16.0 Å². The second kappa shape index (κ2) is 8.66. The lowest BCUT2D eigenvalue weighted by Gasteiger charge is -2.26. The minimum atomic E-state index is 0.414. The highest BCUT2D eigenvalue weighted by atomic mass is 32.2. The maximum atomic E-state index is 5.43. The van der Waals surface area contributed by atoms with Crippen LogP contribution < -0.4 is 19.6 Å². The van der Waals surface area contributed by atoms with Gasteiger partial charge in [-0.1, -0.05) is 31.5 Å². The number of methoxy groups -OCH3 is 3. The molecule has 1 aromatic carbocycles. The molecular formula is C19H27N3O3S. The zero-order chi connectivity index (χ0) is 18.5. The van der Waals surface area contributed by atoms with E-state index in [1.807, 2.05) is 12.1 Å². The molecule has 3 rings (SSSR count). The number of nitrogens with zero attached hydrogens (tertiary/aromatic N) is 2. The summed E-state index contributed by atoms with van der Waals surface area (Å²) in [5.41, 5.74) is 5.01. The average Bonchev–Trinajstić information content (AvgIpc) is 2.69. The maximum Gasteiger partial charge on any atom is 0.203 e. The van der Waals surface area contributed by atoms with Crippen LogP contribution >= 0.6 is 11.8 Å². The van der Waals surface area contributed by atoms with Crippen molar-refractivity contribution in [2.45, 2.75) is 38.6 Å². The number of aliphatic imine (C=N–C) groups is 1. The molecule has 1 N–H and O–H groups in total. The molecule has 0 amide bonds. The van der Waals surface area contributed by atoms with Gasteiger partial charge in [-0.2, -0.15) is 5.10 Å². The van der Waals surface area contributed by atoms with Crippen LogP contribution in [-0.4, -0.2) is 44.0 Å². The zero-order valence-corrected chi connectivity index (χ0v) is 16.7. The highest BCUT2D eigenvalue weighted by Crippen LogP contribution is 2.38. The molecule has 2 aliphatic rings. The Morgan fingerprint density at radius 1 is 1.08 bits per heavy atom. The van der Waals surface area contributed by atoms with Crippen LogP contribution in [0.3, 0.4) is 0 Å². The van der Waals surface area contributed by atoms with Gasteiger partial charge in [-0.25, -0.2) is 0 Å². The molecule has 1 aliphatic heterocycles. The molecule has 1 saturated carbocycles. The standard InChI is InChI=1S/C19H27N3O3S/c1-12-7-5-6-8-14(12)20-19-22-21-15(11-26-19)13-9-16(23-2)18(25-4)17(10-13)24-3/h9-10,12,14H,5-8,11H2,1-4H3,(H,20,22). The zero-order valence-electron chi connectivity index (χ0n) is 15.9. The second-order valence-electron chi connectivity index (χ2n) is 6.64. The molecule has 0 aromatic heterocycles. The first-order valence-corrected chi connectivity index (χ1v) is 9.98. The lowest BCUT2D eigenvalue weighted by atomic mass is 9.86. The number of rotatable bonds is 5. The summed E-state index contributed by atoms with van der Waals surface area (Å²) in [5.74, 6) is 3.25. The summed E-state index contributed by atoms with van der Waals surface area (Å²) in [5, 5.41) is 5.46. The maximum absolute atomic E-state index is 5.43. The third kappa shape index (κ3) is 4.09. The molecule has 1 heterocycles. The molecule has 7 heteroatoms. The van der Waals surface area contributed by atoms with Crippen molar-refractivity contribution in [1.29, 1.82) is 0 Å². The quantitative estimate of drug-likeness (QED) is 0.848. The van der Waals surface area contributed by atoms with E-state index in [4.69, 9.17) is 19.2 Å². The molecule has 0 saturated heterocycles. The highest BCUT2D eigenvalue weighted by Gasteiger charge is 2.23. The second-order valence-corrected chi connectivity index (χ2v) is 7.60. The summed E-state index contributed by atoms with van der Waals surface area (Å²) >= 11 is 1.69. The van der Waals surface area contributed by atoms with Crippen molar-refractivity contribution in [3.63, 3.8) is 0 Å². The van der Waals surface area contributed by atoms with Crippen molar-refractivity contribution >= 4 is 22.6 Å². The molecule has 2 unspecified atom stereocenters. The molecule has 6 nitrogen and oxygen atoms in total. The van der Waals surface area contributed by atoms with E-state index >= 15 is 0 Å². The fraction of sp³-hybridized carbons (Fsp3) is 0.579. The van der Waals surface area contributed by atoms with Crippen LogP contribution in [0.5, 0.6) is 17.2 Å². The molecule has 26 heavy (non-hydrogen) atoms. The van der Waals surface area contributed by atoms with E-state index < -0.39 is 0 Å². The van der Waals surface area contributed by atoms with Crippen molar-refractivity contribution < 1.29 is 14.2 Å². The van der Waals surface area contributed by atoms with Crippen LogP contribution in [0.25, 0.3) is 0 Å². The number of hydrogen-bond acceptors (Lipinski definition) is 6. The van der Waals surface area contributed by atoms with Crippen LogP contribution in [0.2, 0.25) is 0 Å². The van der Waals surface area contributed by atoms with E-state index in [0.29, 0.717) is 29.2 Å². The average molecular weight is 378 g/mol. The predicted octanol–water partition coefficient (Wildman–Crippen LogP) is 3.69. The van der Waals surface area contributed by atoms with Gasteiger partial charge in [0.2, 0.25) is 5.75 Å². The van der Waals surface area contributed by atoms with Gasteiger partial charge >= 0.3 is 0 Å². The Morgan fingerprint density at radius 3 is 2.31 bits per heavy atom. The first-order valence-electron chi connectivity index (χ1n) is 8.99. The van der Waals surface area contributed by atoms with Gasteiger partial charge in [0, 0.05) is 11.3 Å². The van der Waals surface area contributed by atoms with Gasteiger partial charge in [0.25, 0.3) is 0 Å². The summed E-state index contributed by atoms with van der Waals surface area (Å²) in [4.78, 5) is 4.89. The Balaban J connectivity index is 1.78. The Kier molecular flexibility index (Phi) is 6.29. The number of amidine groups is 1.